The topological polar surface area (TPSA) is 24.5 Å². The number of likely N-dealkylation sites (N-methyl/N-ethyl adjacent to an activating group) is 1. The van der Waals surface area contributed by atoms with Gasteiger partial charge in [0.1, 0.15) is 11.9 Å². The highest BCUT2D eigenvalue weighted by molar-refractivity contribution is 5.62. The van der Waals surface area contributed by atoms with Gasteiger partial charge in [-0.05, 0) is 37.9 Å². The maximum atomic E-state index is 6.16. The molecular formula is C14H20N2O. The first-order valence-electron chi connectivity index (χ1n) is 6.55. The average Bonchev–Trinajstić information content (AvgIpc) is 2.74. The van der Waals surface area contributed by atoms with Gasteiger partial charge in [0.15, 0.2) is 0 Å². The second-order valence-corrected chi connectivity index (χ2v) is 5.01. The molecule has 1 unspecified atom stereocenters. The number of fused-ring (bicyclic) bond motifs is 1. The Morgan fingerprint density at radius 3 is 3.18 bits per heavy atom. The summed E-state index contributed by atoms with van der Waals surface area (Å²) in [6.07, 6.45) is 3.86. The average molecular weight is 232 g/mol. The van der Waals surface area contributed by atoms with Crippen molar-refractivity contribution in [3.05, 3.63) is 23.8 Å². The largest absolute Gasteiger partial charge is 0.489 e. The molecule has 0 amide bonds. The van der Waals surface area contributed by atoms with Gasteiger partial charge in [0, 0.05) is 31.4 Å². The van der Waals surface area contributed by atoms with Crippen molar-refractivity contribution in [2.24, 2.45) is 0 Å². The molecule has 1 atom stereocenters. The molecule has 92 valence electrons. The molecule has 1 aromatic carbocycles. The summed E-state index contributed by atoms with van der Waals surface area (Å²) >= 11 is 0. The van der Waals surface area contributed by atoms with E-state index in [1.165, 1.54) is 24.1 Å². The predicted octanol–water partition coefficient (Wildman–Crippen LogP) is 1.81. The molecule has 3 nitrogen and oxygen atoms in total. The molecule has 3 rings (SSSR count). The predicted molar refractivity (Wildman–Crippen MR) is 69.9 cm³/mol. The van der Waals surface area contributed by atoms with E-state index in [0.717, 1.165) is 31.8 Å². The zero-order chi connectivity index (χ0) is 11.7. The molecule has 0 radical (unpaired) electrons. The highest BCUT2D eigenvalue weighted by Crippen LogP contribution is 2.34. The first-order chi connectivity index (χ1) is 8.34. The fraction of sp³-hybridized carbons (Fsp3) is 0.571. The van der Waals surface area contributed by atoms with Crippen molar-refractivity contribution in [1.82, 2.24) is 5.32 Å². The summed E-state index contributed by atoms with van der Waals surface area (Å²) in [6, 6.07) is 6.41. The molecule has 1 fully saturated rings. The van der Waals surface area contributed by atoms with E-state index >= 15 is 0 Å². The van der Waals surface area contributed by atoms with E-state index in [1.807, 2.05) is 0 Å². The van der Waals surface area contributed by atoms with Crippen LogP contribution in [0.15, 0.2) is 18.2 Å². The number of ether oxygens (including phenoxy) is 1. The Labute approximate surface area is 103 Å². The van der Waals surface area contributed by atoms with Crippen LogP contribution >= 0.6 is 0 Å². The number of nitrogens with one attached hydrogen (secondary N) is 1. The number of rotatable bonds is 2. The molecule has 0 bridgehead atoms. The van der Waals surface area contributed by atoms with Crippen molar-refractivity contribution < 1.29 is 4.74 Å². The third-order valence-electron chi connectivity index (χ3n) is 3.76. The Morgan fingerprint density at radius 1 is 1.41 bits per heavy atom. The zero-order valence-corrected chi connectivity index (χ0v) is 10.4. The zero-order valence-electron chi connectivity index (χ0n) is 10.4. The van der Waals surface area contributed by atoms with Gasteiger partial charge in [0.2, 0.25) is 0 Å². The van der Waals surface area contributed by atoms with E-state index in [0.29, 0.717) is 6.10 Å². The summed E-state index contributed by atoms with van der Waals surface area (Å²) in [5, 5.41) is 3.40. The van der Waals surface area contributed by atoms with Crippen LogP contribution in [0.2, 0.25) is 0 Å². The molecular weight excluding hydrogens is 212 g/mol. The number of piperidine rings is 1. The minimum Gasteiger partial charge on any atom is -0.489 e. The van der Waals surface area contributed by atoms with Gasteiger partial charge in [0.25, 0.3) is 0 Å². The van der Waals surface area contributed by atoms with E-state index in [1.54, 1.807) is 0 Å². The van der Waals surface area contributed by atoms with Crippen LogP contribution in [0.1, 0.15) is 18.4 Å². The van der Waals surface area contributed by atoms with E-state index in [-0.39, 0.29) is 0 Å². The van der Waals surface area contributed by atoms with Crippen molar-refractivity contribution in [2.75, 3.05) is 31.6 Å². The smallest absolute Gasteiger partial charge is 0.125 e. The molecule has 0 aromatic heterocycles. The molecule has 1 N–H and O–H groups in total. The van der Waals surface area contributed by atoms with Crippen LogP contribution in [0, 0.1) is 0 Å². The molecule has 0 aliphatic carbocycles. The summed E-state index contributed by atoms with van der Waals surface area (Å²) in [5.41, 5.74) is 2.73. The van der Waals surface area contributed by atoms with Crippen LogP contribution in [0.5, 0.6) is 5.75 Å². The number of hydrogen-bond donors (Lipinski definition) is 1. The van der Waals surface area contributed by atoms with Gasteiger partial charge in [0.05, 0.1) is 0 Å². The second-order valence-electron chi connectivity index (χ2n) is 5.01. The van der Waals surface area contributed by atoms with Gasteiger partial charge in [-0.25, -0.2) is 0 Å². The van der Waals surface area contributed by atoms with Gasteiger partial charge in [-0.2, -0.15) is 0 Å². The lowest BCUT2D eigenvalue weighted by Crippen LogP contribution is -2.37. The molecule has 1 saturated heterocycles. The Bertz CT molecular complexity index is 399. The van der Waals surface area contributed by atoms with Gasteiger partial charge < -0.3 is 15.0 Å². The second kappa shape index (κ2) is 4.57. The molecule has 1 aromatic rings. The number of benzene rings is 1. The van der Waals surface area contributed by atoms with Crippen LogP contribution < -0.4 is 15.0 Å². The van der Waals surface area contributed by atoms with E-state index in [2.05, 4.69) is 35.5 Å². The van der Waals surface area contributed by atoms with Gasteiger partial charge in [-0.15, -0.1) is 0 Å². The van der Waals surface area contributed by atoms with Crippen molar-refractivity contribution in [3.8, 4) is 5.75 Å². The van der Waals surface area contributed by atoms with Crippen LogP contribution in [0.4, 0.5) is 5.69 Å². The molecule has 2 aliphatic rings. The van der Waals surface area contributed by atoms with E-state index in [4.69, 9.17) is 4.74 Å². The Morgan fingerprint density at radius 2 is 2.35 bits per heavy atom. The summed E-state index contributed by atoms with van der Waals surface area (Å²) < 4.78 is 6.16. The monoisotopic (exact) mass is 232 g/mol. The maximum absolute atomic E-state index is 6.16. The van der Waals surface area contributed by atoms with Gasteiger partial charge >= 0.3 is 0 Å². The summed E-state index contributed by atoms with van der Waals surface area (Å²) in [4.78, 5) is 2.31. The van der Waals surface area contributed by atoms with Crippen LogP contribution in [-0.4, -0.2) is 32.8 Å². The molecule has 17 heavy (non-hydrogen) atoms. The standard InChI is InChI=1S/C14H20N2O/c1-16-9-7-12-13(16)5-2-6-14(12)17-11-4-3-8-15-10-11/h2,5-6,11,15H,3-4,7-10H2,1H3. The minimum absolute atomic E-state index is 0.348. The fourth-order valence-corrected chi connectivity index (χ4v) is 2.77. The fourth-order valence-electron chi connectivity index (χ4n) is 2.77. The Kier molecular flexibility index (Phi) is 2.93. The summed E-state index contributed by atoms with van der Waals surface area (Å²) in [7, 11) is 2.15. The normalized spacial score (nSPS) is 23.6. The van der Waals surface area contributed by atoms with Crippen LogP contribution in [-0.2, 0) is 6.42 Å². The van der Waals surface area contributed by atoms with Crippen LogP contribution in [0.3, 0.4) is 0 Å². The molecule has 0 spiro atoms. The van der Waals surface area contributed by atoms with E-state index < -0.39 is 0 Å². The van der Waals surface area contributed by atoms with Gasteiger partial charge in [-0.3, -0.25) is 0 Å². The summed E-state index contributed by atoms with van der Waals surface area (Å²) in [6.45, 7) is 3.23. The quantitative estimate of drug-likeness (QED) is 0.841. The molecule has 2 aliphatic heterocycles. The SMILES string of the molecule is CN1CCc2c(OC3CCCNC3)cccc21. The lowest BCUT2D eigenvalue weighted by Gasteiger charge is -2.25. The Hall–Kier alpha value is -1.22. The lowest BCUT2D eigenvalue weighted by molar-refractivity contribution is 0.166. The van der Waals surface area contributed by atoms with Crippen molar-refractivity contribution >= 4 is 5.69 Å². The third kappa shape index (κ3) is 2.12. The maximum Gasteiger partial charge on any atom is 0.125 e. The third-order valence-corrected chi connectivity index (χ3v) is 3.76. The molecule has 0 saturated carbocycles. The van der Waals surface area contributed by atoms with Crippen molar-refractivity contribution in [2.45, 2.75) is 25.4 Å². The Balaban J connectivity index is 1.79. The number of hydrogen-bond acceptors (Lipinski definition) is 3. The molecule has 3 heteroatoms. The first kappa shape index (κ1) is 10.9. The molecule has 2 heterocycles. The van der Waals surface area contributed by atoms with Crippen molar-refractivity contribution in [3.63, 3.8) is 0 Å². The minimum atomic E-state index is 0.348. The number of nitrogens with zero attached hydrogens (tertiary/aromatic N) is 1. The van der Waals surface area contributed by atoms with Crippen molar-refractivity contribution in [1.29, 1.82) is 0 Å². The van der Waals surface area contributed by atoms with Gasteiger partial charge in [-0.1, -0.05) is 6.07 Å². The highest BCUT2D eigenvalue weighted by atomic mass is 16.5. The first-order valence-corrected chi connectivity index (χ1v) is 6.55. The van der Waals surface area contributed by atoms with E-state index in [9.17, 15) is 0 Å². The highest BCUT2D eigenvalue weighted by Gasteiger charge is 2.22. The van der Waals surface area contributed by atoms with Crippen LogP contribution in [0.25, 0.3) is 0 Å². The number of anilines is 1. The summed E-state index contributed by atoms with van der Waals surface area (Å²) in [5.74, 6) is 1.10. The lowest BCUT2D eigenvalue weighted by atomic mass is 10.1.